The zero-order chi connectivity index (χ0) is 18.7. The number of amides is 1. The number of rotatable bonds is 4. The van der Waals surface area contributed by atoms with E-state index >= 15 is 0 Å². The van der Waals surface area contributed by atoms with Crippen LogP contribution in [0.25, 0.3) is 10.8 Å². The molecule has 0 aliphatic heterocycles. The zero-order valence-corrected chi connectivity index (χ0v) is 13.8. The zero-order valence-electron chi connectivity index (χ0n) is 13.8. The van der Waals surface area contributed by atoms with Gasteiger partial charge in [0.15, 0.2) is 5.96 Å². The first-order chi connectivity index (χ1) is 12.5. The molecule has 0 aromatic heterocycles. The van der Waals surface area contributed by atoms with Gasteiger partial charge in [0, 0.05) is 27.9 Å². The summed E-state index contributed by atoms with van der Waals surface area (Å²) in [4.78, 5) is 12.5. The molecule has 0 saturated carbocycles. The largest absolute Gasteiger partial charge is 0.384 e. The molecule has 130 valence electrons. The Bertz CT molecular complexity index is 1010. The number of hydrogen-bond acceptors (Lipinski definition) is 3. The lowest BCUT2D eigenvalue weighted by Crippen LogP contribution is -2.20. The van der Waals surface area contributed by atoms with Crippen molar-refractivity contribution in [3.63, 3.8) is 0 Å². The van der Waals surface area contributed by atoms with Gasteiger partial charge in [-0.15, -0.1) is 0 Å². The SMILES string of the molecule is N=C(N)Nc1ccc(C(=O)Nc2cccc3c(C(=N)N)cccc23)cc1. The Morgan fingerprint density at radius 3 is 2.12 bits per heavy atom. The van der Waals surface area contributed by atoms with E-state index in [-0.39, 0.29) is 17.7 Å². The fourth-order valence-electron chi connectivity index (χ4n) is 2.71. The van der Waals surface area contributed by atoms with E-state index in [0.29, 0.717) is 22.5 Å². The molecule has 7 nitrogen and oxygen atoms in total. The first-order valence-electron chi connectivity index (χ1n) is 7.84. The van der Waals surface area contributed by atoms with Crippen molar-refractivity contribution in [2.75, 3.05) is 10.6 Å². The minimum atomic E-state index is -0.264. The number of benzene rings is 3. The monoisotopic (exact) mass is 346 g/mol. The summed E-state index contributed by atoms with van der Waals surface area (Å²) in [5.74, 6) is -0.452. The van der Waals surface area contributed by atoms with Crippen LogP contribution in [-0.4, -0.2) is 17.7 Å². The molecular weight excluding hydrogens is 328 g/mol. The molecule has 0 atom stereocenters. The van der Waals surface area contributed by atoms with Crippen molar-refractivity contribution in [3.8, 4) is 0 Å². The normalized spacial score (nSPS) is 10.3. The topological polar surface area (TPSA) is 141 Å². The molecule has 0 bridgehead atoms. The summed E-state index contributed by atoms with van der Waals surface area (Å²) in [6.07, 6.45) is 0. The number of nitrogens with two attached hydrogens (primary N) is 2. The minimum Gasteiger partial charge on any atom is -0.384 e. The van der Waals surface area contributed by atoms with E-state index in [4.69, 9.17) is 22.3 Å². The Morgan fingerprint density at radius 2 is 1.46 bits per heavy atom. The van der Waals surface area contributed by atoms with Crippen molar-refractivity contribution in [1.29, 1.82) is 10.8 Å². The highest BCUT2D eigenvalue weighted by Crippen LogP contribution is 2.26. The van der Waals surface area contributed by atoms with Gasteiger partial charge in [0.05, 0.1) is 0 Å². The molecule has 8 N–H and O–H groups in total. The highest BCUT2D eigenvalue weighted by molar-refractivity contribution is 6.14. The van der Waals surface area contributed by atoms with Crippen molar-refractivity contribution in [1.82, 2.24) is 0 Å². The number of guanidine groups is 1. The third-order valence-electron chi connectivity index (χ3n) is 3.89. The molecule has 0 saturated heterocycles. The van der Waals surface area contributed by atoms with Crippen LogP contribution in [0.3, 0.4) is 0 Å². The number of hydrogen-bond donors (Lipinski definition) is 6. The molecular formula is C19H18N6O. The highest BCUT2D eigenvalue weighted by atomic mass is 16.1. The smallest absolute Gasteiger partial charge is 0.255 e. The summed E-state index contributed by atoms with van der Waals surface area (Å²) in [7, 11) is 0. The second-order valence-corrected chi connectivity index (χ2v) is 5.69. The van der Waals surface area contributed by atoms with E-state index in [1.807, 2.05) is 18.2 Å². The molecule has 1 amide bonds. The quantitative estimate of drug-likeness (QED) is 0.319. The van der Waals surface area contributed by atoms with Crippen LogP contribution in [0, 0.1) is 10.8 Å². The first kappa shape index (κ1) is 17.0. The molecule has 0 aliphatic rings. The van der Waals surface area contributed by atoms with Gasteiger partial charge < -0.3 is 22.1 Å². The second-order valence-electron chi connectivity index (χ2n) is 5.69. The van der Waals surface area contributed by atoms with Crippen LogP contribution in [0.5, 0.6) is 0 Å². The maximum atomic E-state index is 12.5. The number of carbonyl (C=O) groups excluding carboxylic acids is 1. The molecule has 3 rings (SSSR count). The molecule has 0 fully saturated rings. The number of carbonyl (C=O) groups is 1. The van der Waals surface area contributed by atoms with E-state index in [2.05, 4.69) is 10.6 Å². The minimum absolute atomic E-state index is 0.0207. The van der Waals surface area contributed by atoms with Crippen LogP contribution in [0.1, 0.15) is 15.9 Å². The average Bonchev–Trinajstić information content (AvgIpc) is 2.61. The lowest BCUT2D eigenvalue weighted by molar-refractivity contribution is 0.102. The van der Waals surface area contributed by atoms with Gasteiger partial charge in [-0.05, 0) is 35.7 Å². The molecule has 7 heteroatoms. The molecule has 26 heavy (non-hydrogen) atoms. The number of fused-ring (bicyclic) bond motifs is 1. The van der Waals surface area contributed by atoms with E-state index in [1.165, 1.54) is 0 Å². The fraction of sp³-hybridized carbons (Fsp3) is 0. The molecule has 0 radical (unpaired) electrons. The van der Waals surface area contributed by atoms with Gasteiger partial charge in [0.1, 0.15) is 5.84 Å². The van der Waals surface area contributed by atoms with Crippen LogP contribution in [-0.2, 0) is 0 Å². The Hall–Kier alpha value is -3.87. The van der Waals surface area contributed by atoms with Gasteiger partial charge in [-0.3, -0.25) is 15.6 Å². The van der Waals surface area contributed by atoms with Crippen molar-refractivity contribution in [3.05, 3.63) is 71.8 Å². The summed E-state index contributed by atoms with van der Waals surface area (Å²) in [6, 6.07) is 17.6. The van der Waals surface area contributed by atoms with Gasteiger partial charge in [-0.25, -0.2) is 0 Å². The summed E-state index contributed by atoms with van der Waals surface area (Å²) < 4.78 is 0. The van der Waals surface area contributed by atoms with Crippen molar-refractivity contribution >= 4 is 39.8 Å². The van der Waals surface area contributed by atoms with Crippen LogP contribution in [0.15, 0.2) is 60.7 Å². The summed E-state index contributed by atoms with van der Waals surface area (Å²) >= 11 is 0. The molecule has 0 heterocycles. The summed E-state index contributed by atoms with van der Waals surface area (Å²) in [6.45, 7) is 0. The van der Waals surface area contributed by atoms with Gasteiger partial charge in [-0.2, -0.15) is 0 Å². The molecule has 3 aromatic carbocycles. The van der Waals surface area contributed by atoms with Crippen LogP contribution < -0.4 is 22.1 Å². The fourth-order valence-corrected chi connectivity index (χ4v) is 2.71. The van der Waals surface area contributed by atoms with Crippen LogP contribution in [0.4, 0.5) is 11.4 Å². The predicted octanol–water partition coefficient (Wildman–Crippen LogP) is 2.68. The van der Waals surface area contributed by atoms with E-state index in [9.17, 15) is 4.79 Å². The van der Waals surface area contributed by atoms with E-state index in [1.54, 1.807) is 42.5 Å². The third-order valence-corrected chi connectivity index (χ3v) is 3.89. The van der Waals surface area contributed by atoms with Crippen LogP contribution >= 0.6 is 0 Å². The average molecular weight is 346 g/mol. The summed E-state index contributed by atoms with van der Waals surface area (Å²) in [5.41, 5.74) is 13.3. The van der Waals surface area contributed by atoms with Gasteiger partial charge in [-0.1, -0.05) is 30.3 Å². The van der Waals surface area contributed by atoms with Crippen molar-refractivity contribution < 1.29 is 4.79 Å². The lowest BCUT2D eigenvalue weighted by Gasteiger charge is -2.11. The molecule has 0 spiro atoms. The Balaban J connectivity index is 1.89. The molecule has 0 aliphatic carbocycles. The maximum absolute atomic E-state index is 12.5. The molecule has 3 aromatic rings. The van der Waals surface area contributed by atoms with Crippen molar-refractivity contribution in [2.24, 2.45) is 11.5 Å². The second kappa shape index (κ2) is 6.94. The third kappa shape index (κ3) is 3.46. The standard InChI is InChI=1S/C19H18N6O/c20-17(21)15-5-1-4-14-13(15)3-2-6-16(14)25-18(26)11-7-9-12(10-8-11)24-19(22)23/h1-10H,(H3,20,21)(H,25,26)(H4,22,23,24). The van der Waals surface area contributed by atoms with Gasteiger partial charge >= 0.3 is 0 Å². The number of anilines is 2. The molecule has 0 unspecified atom stereocenters. The van der Waals surface area contributed by atoms with Crippen LogP contribution in [0.2, 0.25) is 0 Å². The lowest BCUT2D eigenvalue weighted by atomic mass is 10.0. The van der Waals surface area contributed by atoms with E-state index < -0.39 is 0 Å². The van der Waals surface area contributed by atoms with Gasteiger partial charge in [0.25, 0.3) is 5.91 Å². The Morgan fingerprint density at radius 1 is 0.808 bits per heavy atom. The van der Waals surface area contributed by atoms with Crippen molar-refractivity contribution in [2.45, 2.75) is 0 Å². The number of nitrogen functional groups attached to an aromatic ring is 1. The summed E-state index contributed by atoms with van der Waals surface area (Å²) in [5, 5.41) is 22.1. The Kier molecular flexibility index (Phi) is 4.53. The predicted molar refractivity (Wildman–Crippen MR) is 105 cm³/mol. The maximum Gasteiger partial charge on any atom is 0.255 e. The first-order valence-corrected chi connectivity index (χ1v) is 7.84. The van der Waals surface area contributed by atoms with Gasteiger partial charge in [0.2, 0.25) is 0 Å². The Labute approximate surface area is 150 Å². The number of nitrogens with one attached hydrogen (secondary N) is 4. The number of amidine groups is 1. The highest BCUT2D eigenvalue weighted by Gasteiger charge is 2.11. The van der Waals surface area contributed by atoms with E-state index in [0.717, 1.165) is 10.8 Å².